The Morgan fingerprint density at radius 3 is 2.76 bits per heavy atom. The molecule has 2 aliphatic heterocycles. The summed E-state index contributed by atoms with van der Waals surface area (Å²) in [5.41, 5.74) is 1.71. The summed E-state index contributed by atoms with van der Waals surface area (Å²) >= 11 is 6.13. The maximum atomic E-state index is 12.6. The summed E-state index contributed by atoms with van der Waals surface area (Å²) in [5, 5.41) is 4.04. The molecule has 5 heteroatoms. The number of carbonyl (C=O) groups is 1. The summed E-state index contributed by atoms with van der Waals surface area (Å²) in [6, 6.07) is 6.09. The predicted octanol–water partition coefficient (Wildman–Crippen LogP) is 1.77. The van der Waals surface area contributed by atoms with Gasteiger partial charge >= 0.3 is 0 Å². The zero-order chi connectivity index (χ0) is 14.8. The van der Waals surface area contributed by atoms with Gasteiger partial charge < -0.3 is 10.2 Å². The Labute approximate surface area is 131 Å². The van der Waals surface area contributed by atoms with Crippen molar-refractivity contribution in [1.29, 1.82) is 0 Å². The number of amides is 1. The van der Waals surface area contributed by atoms with E-state index in [4.69, 9.17) is 11.6 Å². The molecule has 1 aromatic carbocycles. The van der Waals surface area contributed by atoms with Crippen molar-refractivity contribution in [2.24, 2.45) is 0 Å². The van der Waals surface area contributed by atoms with Crippen LogP contribution in [0.1, 0.15) is 22.3 Å². The molecule has 1 amide bonds. The first-order valence-corrected chi connectivity index (χ1v) is 8.03. The van der Waals surface area contributed by atoms with Crippen molar-refractivity contribution in [3.8, 4) is 0 Å². The van der Waals surface area contributed by atoms with E-state index in [9.17, 15) is 4.79 Å². The molecule has 0 aliphatic carbocycles. The summed E-state index contributed by atoms with van der Waals surface area (Å²) in [4.78, 5) is 17.0. The van der Waals surface area contributed by atoms with Crippen molar-refractivity contribution in [2.45, 2.75) is 19.4 Å². The van der Waals surface area contributed by atoms with E-state index in [1.807, 2.05) is 24.0 Å². The van der Waals surface area contributed by atoms with Crippen LogP contribution in [0.15, 0.2) is 18.2 Å². The second kappa shape index (κ2) is 6.34. The third-order valence-corrected chi connectivity index (χ3v) is 4.94. The molecule has 3 rings (SSSR count). The normalized spacial score (nSPS) is 23.5. The number of hydrogen-bond donors (Lipinski definition) is 1. The smallest absolute Gasteiger partial charge is 0.253 e. The zero-order valence-corrected chi connectivity index (χ0v) is 13.2. The van der Waals surface area contributed by atoms with E-state index in [0.717, 1.165) is 51.3 Å². The van der Waals surface area contributed by atoms with Gasteiger partial charge in [0.05, 0.1) is 0 Å². The molecule has 0 aromatic heterocycles. The molecule has 2 saturated heterocycles. The summed E-state index contributed by atoms with van der Waals surface area (Å²) in [5.74, 6) is 0.106. The monoisotopic (exact) mass is 307 g/mol. The Hall–Kier alpha value is -1.10. The number of nitrogens with zero attached hydrogens (tertiary/aromatic N) is 2. The standard InChI is InChI=1S/C16H22ClN3O/c1-12-2-3-13(10-15(12)17)16(21)20-7-4-14(11-20)19-8-5-18-6-9-19/h2-3,10,14,18H,4-9,11H2,1H3. The van der Waals surface area contributed by atoms with Crippen molar-refractivity contribution in [2.75, 3.05) is 39.3 Å². The van der Waals surface area contributed by atoms with Gasteiger partial charge in [0.2, 0.25) is 0 Å². The lowest BCUT2D eigenvalue weighted by Gasteiger charge is -2.32. The van der Waals surface area contributed by atoms with Gasteiger partial charge in [-0.05, 0) is 31.0 Å². The molecule has 0 saturated carbocycles. The molecule has 0 bridgehead atoms. The number of benzene rings is 1. The third-order valence-electron chi connectivity index (χ3n) is 4.54. The van der Waals surface area contributed by atoms with Crippen LogP contribution in [0.3, 0.4) is 0 Å². The van der Waals surface area contributed by atoms with Gasteiger partial charge in [-0.3, -0.25) is 9.69 Å². The highest BCUT2D eigenvalue weighted by Gasteiger charge is 2.31. The Kier molecular flexibility index (Phi) is 4.48. The molecule has 1 atom stereocenters. The lowest BCUT2D eigenvalue weighted by Crippen LogP contribution is -2.49. The van der Waals surface area contributed by atoms with Crippen molar-refractivity contribution in [1.82, 2.24) is 15.1 Å². The largest absolute Gasteiger partial charge is 0.337 e. The van der Waals surface area contributed by atoms with E-state index in [0.29, 0.717) is 16.6 Å². The summed E-state index contributed by atoms with van der Waals surface area (Å²) in [6.07, 6.45) is 1.07. The van der Waals surface area contributed by atoms with Crippen molar-refractivity contribution in [3.05, 3.63) is 34.3 Å². The van der Waals surface area contributed by atoms with Crippen molar-refractivity contribution in [3.63, 3.8) is 0 Å². The molecule has 0 spiro atoms. The molecule has 0 radical (unpaired) electrons. The lowest BCUT2D eigenvalue weighted by molar-refractivity contribution is 0.0773. The van der Waals surface area contributed by atoms with Crippen LogP contribution in [0, 0.1) is 6.92 Å². The average molecular weight is 308 g/mol. The van der Waals surface area contributed by atoms with Gasteiger partial charge in [-0.1, -0.05) is 17.7 Å². The maximum Gasteiger partial charge on any atom is 0.253 e. The fourth-order valence-electron chi connectivity index (χ4n) is 3.18. The Morgan fingerprint density at radius 1 is 1.29 bits per heavy atom. The van der Waals surface area contributed by atoms with Crippen molar-refractivity contribution < 1.29 is 4.79 Å². The minimum Gasteiger partial charge on any atom is -0.337 e. The molecule has 1 aromatic rings. The van der Waals surface area contributed by atoms with E-state index < -0.39 is 0 Å². The fraction of sp³-hybridized carbons (Fsp3) is 0.562. The van der Waals surface area contributed by atoms with Gasteiger partial charge in [-0.2, -0.15) is 0 Å². The topological polar surface area (TPSA) is 35.6 Å². The second-order valence-corrected chi connectivity index (χ2v) is 6.35. The molecular weight excluding hydrogens is 286 g/mol. The second-order valence-electron chi connectivity index (χ2n) is 5.94. The Morgan fingerprint density at radius 2 is 2.05 bits per heavy atom. The van der Waals surface area contributed by atoms with Crippen LogP contribution in [0.2, 0.25) is 5.02 Å². The fourth-order valence-corrected chi connectivity index (χ4v) is 3.36. The Bertz CT molecular complexity index is 528. The molecule has 114 valence electrons. The third kappa shape index (κ3) is 3.23. The minimum atomic E-state index is 0.106. The zero-order valence-electron chi connectivity index (χ0n) is 12.4. The number of halogens is 1. The van der Waals surface area contributed by atoms with E-state index >= 15 is 0 Å². The number of carbonyl (C=O) groups excluding carboxylic acids is 1. The number of aryl methyl sites for hydroxylation is 1. The van der Waals surface area contributed by atoms with Crippen LogP contribution in [-0.2, 0) is 0 Å². The number of rotatable bonds is 2. The lowest BCUT2D eigenvalue weighted by atomic mass is 10.1. The maximum absolute atomic E-state index is 12.6. The van der Waals surface area contributed by atoms with Crippen LogP contribution >= 0.6 is 11.6 Å². The van der Waals surface area contributed by atoms with Gasteiger partial charge in [-0.25, -0.2) is 0 Å². The number of piperazine rings is 1. The van der Waals surface area contributed by atoms with E-state index in [1.165, 1.54) is 0 Å². The molecular formula is C16H22ClN3O. The van der Waals surface area contributed by atoms with Crippen molar-refractivity contribution >= 4 is 17.5 Å². The van der Waals surface area contributed by atoms with Crippen LogP contribution in [0.5, 0.6) is 0 Å². The van der Waals surface area contributed by atoms with E-state index in [1.54, 1.807) is 6.07 Å². The number of likely N-dealkylation sites (tertiary alicyclic amines) is 1. The van der Waals surface area contributed by atoms with E-state index in [-0.39, 0.29) is 5.91 Å². The number of nitrogens with one attached hydrogen (secondary N) is 1. The van der Waals surface area contributed by atoms with Gasteiger partial charge in [0.15, 0.2) is 0 Å². The van der Waals surface area contributed by atoms with Crippen LogP contribution in [0.4, 0.5) is 0 Å². The summed E-state index contributed by atoms with van der Waals surface area (Å²) in [7, 11) is 0. The summed E-state index contributed by atoms with van der Waals surface area (Å²) in [6.45, 7) is 7.91. The van der Waals surface area contributed by atoms with Gasteiger partial charge in [0.1, 0.15) is 0 Å². The van der Waals surface area contributed by atoms with Crippen LogP contribution in [0.25, 0.3) is 0 Å². The quantitative estimate of drug-likeness (QED) is 0.904. The molecule has 2 heterocycles. The van der Waals surface area contributed by atoms with Gasteiger partial charge in [0.25, 0.3) is 5.91 Å². The van der Waals surface area contributed by atoms with Crippen LogP contribution in [-0.4, -0.2) is 61.0 Å². The average Bonchev–Trinajstić information content (AvgIpc) is 3.00. The molecule has 2 aliphatic rings. The first-order chi connectivity index (χ1) is 10.1. The summed E-state index contributed by atoms with van der Waals surface area (Å²) < 4.78 is 0. The SMILES string of the molecule is Cc1ccc(C(=O)N2CCC(N3CCNCC3)C2)cc1Cl. The molecule has 1 unspecified atom stereocenters. The first kappa shape index (κ1) is 14.8. The van der Waals surface area contributed by atoms with Gasteiger partial charge in [-0.15, -0.1) is 0 Å². The molecule has 2 fully saturated rings. The van der Waals surface area contributed by atoms with E-state index in [2.05, 4.69) is 10.2 Å². The Balaban J connectivity index is 1.64. The molecule has 1 N–H and O–H groups in total. The molecule has 4 nitrogen and oxygen atoms in total. The van der Waals surface area contributed by atoms with Crippen LogP contribution < -0.4 is 5.32 Å². The minimum absolute atomic E-state index is 0.106. The highest BCUT2D eigenvalue weighted by molar-refractivity contribution is 6.31. The number of hydrogen-bond acceptors (Lipinski definition) is 3. The van der Waals surface area contributed by atoms with Gasteiger partial charge in [0, 0.05) is 55.9 Å². The molecule has 21 heavy (non-hydrogen) atoms. The highest BCUT2D eigenvalue weighted by Crippen LogP contribution is 2.21. The predicted molar refractivity (Wildman–Crippen MR) is 84.9 cm³/mol. The highest BCUT2D eigenvalue weighted by atomic mass is 35.5. The first-order valence-electron chi connectivity index (χ1n) is 7.65.